The largest absolute Gasteiger partial charge is 0.462 e. The Kier molecular flexibility index (Phi) is 4.62. The van der Waals surface area contributed by atoms with Crippen LogP contribution in [0.5, 0.6) is 11.5 Å². The number of hydrogen-bond acceptors (Lipinski definition) is 3. The van der Waals surface area contributed by atoms with Gasteiger partial charge in [-0.25, -0.2) is 4.79 Å². The normalized spacial score (nSPS) is 30.2. The van der Waals surface area contributed by atoms with E-state index in [2.05, 4.69) is 24.3 Å². The zero-order valence-corrected chi connectivity index (χ0v) is 16.5. The SMILES string of the molecule is CCOC(=O)c1ccc(Oc2ccc(C3C4CC5CC(C4)CC3C5)cc2)cc1. The molecule has 4 aliphatic rings. The van der Waals surface area contributed by atoms with Gasteiger partial charge < -0.3 is 9.47 Å². The van der Waals surface area contributed by atoms with Crippen molar-refractivity contribution in [3.63, 3.8) is 0 Å². The molecule has 0 heterocycles. The lowest BCUT2D eigenvalue weighted by molar-refractivity contribution is -0.00279. The minimum atomic E-state index is -0.297. The van der Waals surface area contributed by atoms with Crippen molar-refractivity contribution in [2.75, 3.05) is 6.61 Å². The average molecular weight is 376 g/mol. The quantitative estimate of drug-likeness (QED) is 0.583. The van der Waals surface area contributed by atoms with Gasteiger partial charge in [0.2, 0.25) is 0 Å². The maximum absolute atomic E-state index is 11.7. The molecule has 4 saturated carbocycles. The Morgan fingerprint density at radius 1 is 0.821 bits per heavy atom. The predicted octanol–water partition coefficient (Wildman–Crippen LogP) is 6.20. The van der Waals surface area contributed by atoms with E-state index in [1.165, 1.54) is 37.7 Å². The lowest BCUT2D eigenvalue weighted by atomic mass is 9.51. The van der Waals surface area contributed by atoms with Gasteiger partial charge in [0.05, 0.1) is 12.2 Å². The molecule has 3 heteroatoms. The Balaban J connectivity index is 1.26. The smallest absolute Gasteiger partial charge is 0.338 e. The monoisotopic (exact) mass is 376 g/mol. The minimum absolute atomic E-state index is 0.297. The number of ether oxygens (including phenoxy) is 2. The van der Waals surface area contributed by atoms with Crippen molar-refractivity contribution in [3.05, 3.63) is 59.7 Å². The lowest BCUT2D eigenvalue weighted by Crippen LogP contribution is -2.43. The van der Waals surface area contributed by atoms with E-state index in [0.717, 1.165) is 41.1 Å². The zero-order chi connectivity index (χ0) is 19.1. The molecule has 0 atom stereocenters. The summed E-state index contributed by atoms with van der Waals surface area (Å²) in [7, 11) is 0. The summed E-state index contributed by atoms with van der Waals surface area (Å²) in [5, 5.41) is 0. The summed E-state index contributed by atoms with van der Waals surface area (Å²) in [6.45, 7) is 2.19. The summed E-state index contributed by atoms with van der Waals surface area (Å²) in [5.74, 6) is 5.86. The van der Waals surface area contributed by atoms with Crippen LogP contribution < -0.4 is 4.74 Å². The maximum atomic E-state index is 11.7. The van der Waals surface area contributed by atoms with Gasteiger partial charge in [-0.05, 0) is 111 Å². The maximum Gasteiger partial charge on any atom is 0.338 e. The van der Waals surface area contributed by atoms with Gasteiger partial charge in [0.1, 0.15) is 11.5 Å². The van der Waals surface area contributed by atoms with Crippen LogP contribution in [0, 0.1) is 23.7 Å². The van der Waals surface area contributed by atoms with Crippen LogP contribution in [0.3, 0.4) is 0 Å². The van der Waals surface area contributed by atoms with E-state index in [0.29, 0.717) is 12.2 Å². The first-order valence-corrected chi connectivity index (χ1v) is 10.7. The first-order valence-electron chi connectivity index (χ1n) is 10.7. The standard InChI is InChI=1S/C25H28O3/c1-2-27-25(26)19-5-9-23(10-6-19)28-22-7-3-18(4-8-22)24-20-12-16-11-17(14-20)15-21(24)13-16/h3-10,16-17,20-21,24H,2,11-15H2,1H3. The van der Waals surface area contributed by atoms with E-state index < -0.39 is 0 Å². The van der Waals surface area contributed by atoms with Gasteiger partial charge in [0.25, 0.3) is 0 Å². The Morgan fingerprint density at radius 2 is 1.36 bits per heavy atom. The van der Waals surface area contributed by atoms with Crippen LogP contribution in [0.1, 0.15) is 60.9 Å². The number of carbonyl (C=O) groups is 1. The molecule has 0 amide bonds. The Labute approximate surface area is 167 Å². The first-order chi connectivity index (χ1) is 13.7. The van der Waals surface area contributed by atoms with Crippen molar-refractivity contribution in [2.45, 2.75) is 44.9 Å². The topological polar surface area (TPSA) is 35.5 Å². The van der Waals surface area contributed by atoms with Gasteiger partial charge >= 0.3 is 5.97 Å². The van der Waals surface area contributed by atoms with E-state index in [1.54, 1.807) is 12.1 Å². The van der Waals surface area contributed by atoms with Gasteiger partial charge in [-0.2, -0.15) is 0 Å². The van der Waals surface area contributed by atoms with Crippen LogP contribution in [0.2, 0.25) is 0 Å². The number of rotatable bonds is 5. The highest BCUT2D eigenvalue weighted by molar-refractivity contribution is 5.89. The lowest BCUT2D eigenvalue weighted by Gasteiger charge is -2.54. The molecule has 0 N–H and O–H groups in total. The van der Waals surface area contributed by atoms with Crippen LogP contribution in [-0.4, -0.2) is 12.6 Å². The zero-order valence-electron chi connectivity index (χ0n) is 16.5. The summed E-state index contributed by atoms with van der Waals surface area (Å²) in [5.41, 5.74) is 2.05. The number of carbonyl (C=O) groups excluding carboxylic acids is 1. The summed E-state index contributed by atoms with van der Waals surface area (Å²) in [6, 6.07) is 15.9. The highest BCUT2D eigenvalue weighted by atomic mass is 16.5. The summed E-state index contributed by atoms with van der Waals surface area (Å²) < 4.78 is 11.0. The fourth-order valence-corrected chi connectivity index (χ4v) is 6.24. The number of hydrogen-bond donors (Lipinski definition) is 0. The second-order valence-electron chi connectivity index (χ2n) is 8.87. The molecule has 0 aliphatic heterocycles. The molecule has 146 valence electrons. The predicted molar refractivity (Wildman–Crippen MR) is 109 cm³/mol. The van der Waals surface area contributed by atoms with Gasteiger partial charge in [-0.1, -0.05) is 12.1 Å². The molecule has 4 fully saturated rings. The number of benzene rings is 2. The van der Waals surface area contributed by atoms with Crippen LogP contribution in [-0.2, 0) is 4.74 Å². The van der Waals surface area contributed by atoms with Crippen LogP contribution in [0.15, 0.2) is 48.5 Å². The van der Waals surface area contributed by atoms with Crippen LogP contribution in [0.4, 0.5) is 0 Å². The van der Waals surface area contributed by atoms with E-state index >= 15 is 0 Å². The fraction of sp³-hybridized carbons (Fsp3) is 0.480. The molecule has 4 bridgehead atoms. The second-order valence-corrected chi connectivity index (χ2v) is 8.87. The molecule has 6 rings (SSSR count). The van der Waals surface area contributed by atoms with E-state index in [-0.39, 0.29) is 5.97 Å². The summed E-state index contributed by atoms with van der Waals surface area (Å²) >= 11 is 0. The summed E-state index contributed by atoms with van der Waals surface area (Å²) in [6.07, 6.45) is 7.29. The summed E-state index contributed by atoms with van der Waals surface area (Å²) in [4.78, 5) is 11.7. The molecule has 0 unspecified atom stereocenters. The van der Waals surface area contributed by atoms with E-state index in [1.807, 2.05) is 19.1 Å². The molecule has 28 heavy (non-hydrogen) atoms. The first kappa shape index (κ1) is 17.8. The van der Waals surface area contributed by atoms with Crippen LogP contribution >= 0.6 is 0 Å². The molecule has 2 aromatic carbocycles. The van der Waals surface area contributed by atoms with Gasteiger partial charge in [-0.15, -0.1) is 0 Å². The molecule has 3 nitrogen and oxygen atoms in total. The Morgan fingerprint density at radius 3 is 1.89 bits per heavy atom. The van der Waals surface area contributed by atoms with E-state index in [9.17, 15) is 4.79 Å². The highest BCUT2D eigenvalue weighted by Gasteiger charge is 2.48. The van der Waals surface area contributed by atoms with Crippen molar-refractivity contribution < 1.29 is 14.3 Å². The molecule has 0 radical (unpaired) electrons. The minimum Gasteiger partial charge on any atom is -0.462 e. The molecule has 0 spiro atoms. The van der Waals surface area contributed by atoms with E-state index in [4.69, 9.17) is 9.47 Å². The fourth-order valence-electron chi connectivity index (χ4n) is 6.24. The van der Waals surface area contributed by atoms with Gasteiger partial charge in [0.15, 0.2) is 0 Å². The molecule has 2 aromatic rings. The molecule has 0 saturated heterocycles. The van der Waals surface area contributed by atoms with Crippen molar-refractivity contribution >= 4 is 5.97 Å². The number of esters is 1. The average Bonchev–Trinajstić information content (AvgIpc) is 2.69. The van der Waals surface area contributed by atoms with Crippen molar-refractivity contribution in [2.24, 2.45) is 23.7 Å². The third-order valence-electron chi connectivity index (χ3n) is 7.09. The molecular weight excluding hydrogens is 348 g/mol. The second kappa shape index (κ2) is 7.27. The van der Waals surface area contributed by atoms with Crippen molar-refractivity contribution in [1.29, 1.82) is 0 Å². The van der Waals surface area contributed by atoms with Gasteiger partial charge in [-0.3, -0.25) is 0 Å². The van der Waals surface area contributed by atoms with Gasteiger partial charge in [0, 0.05) is 0 Å². The Hall–Kier alpha value is -2.29. The highest BCUT2D eigenvalue weighted by Crippen LogP contribution is 2.59. The molecular formula is C25H28O3. The third kappa shape index (κ3) is 3.32. The third-order valence-corrected chi connectivity index (χ3v) is 7.09. The van der Waals surface area contributed by atoms with Crippen molar-refractivity contribution in [3.8, 4) is 11.5 Å². The molecule has 4 aliphatic carbocycles. The van der Waals surface area contributed by atoms with Crippen molar-refractivity contribution in [1.82, 2.24) is 0 Å². The molecule has 0 aromatic heterocycles. The van der Waals surface area contributed by atoms with Crippen LogP contribution in [0.25, 0.3) is 0 Å². The Bertz CT molecular complexity index is 809.